The SMILES string of the molecule is O=C(CCC(=O)C1=CCCCC1)C1=CCCCC1. The number of ketones is 2. The molecule has 0 aromatic heterocycles. The Bertz CT molecular complexity index is 350. The molecular weight excluding hydrogens is 224 g/mol. The highest BCUT2D eigenvalue weighted by Gasteiger charge is 2.16. The van der Waals surface area contributed by atoms with Gasteiger partial charge in [-0.15, -0.1) is 0 Å². The van der Waals surface area contributed by atoms with Crippen LogP contribution >= 0.6 is 0 Å². The molecule has 0 radical (unpaired) electrons. The molecule has 98 valence electrons. The first-order valence-electron chi connectivity index (χ1n) is 7.22. The number of hydrogen-bond donors (Lipinski definition) is 0. The summed E-state index contributed by atoms with van der Waals surface area (Å²) in [4.78, 5) is 23.9. The van der Waals surface area contributed by atoms with Crippen LogP contribution in [0, 0.1) is 0 Å². The Morgan fingerprint density at radius 2 is 1.22 bits per heavy atom. The van der Waals surface area contributed by atoms with Crippen molar-refractivity contribution in [2.24, 2.45) is 0 Å². The number of rotatable bonds is 5. The minimum Gasteiger partial charge on any atom is -0.295 e. The number of hydrogen-bond acceptors (Lipinski definition) is 2. The lowest BCUT2D eigenvalue weighted by molar-refractivity contribution is -0.120. The van der Waals surface area contributed by atoms with Crippen molar-refractivity contribution in [1.29, 1.82) is 0 Å². The normalized spacial score (nSPS) is 20.0. The Balaban J connectivity index is 1.80. The smallest absolute Gasteiger partial charge is 0.158 e. The second-order valence-corrected chi connectivity index (χ2v) is 5.30. The Hall–Kier alpha value is -1.18. The molecule has 2 nitrogen and oxygen atoms in total. The molecule has 2 heteroatoms. The van der Waals surface area contributed by atoms with Crippen LogP contribution in [-0.4, -0.2) is 11.6 Å². The highest BCUT2D eigenvalue weighted by Crippen LogP contribution is 2.22. The summed E-state index contributed by atoms with van der Waals surface area (Å²) < 4.78 is 0. The van der Waals surface area contributed by atoms with Gasteiger partial charge in [-0.2, -0.15) is 0 Å². The quantitative estimate of drug-likeness (QED) is 0.737. The van der Waals surface area contributed by atoms with Crippen molar-refractivity contribution < 1.29 is 9.59 Å². The molecular formula is C16H22O2. The predicted octanol–water partition coefficient (Wildman–Crippen LogP) is 3.91. The van der Waals surface area contributed by atoms with Gasteiger partial charge < -0.3 is 0 Å². The highest BCUT2D eigenvalue weighted by atomic mass is 16.1. The molecule has 0 aromatic carbocycles. The van der Waals surface area contributed by atoms with Crippen LogP contribution in [0.3, 0.4) is 0 Å². The first-order valence-corrected chi connectivity index (χ1v) is 7.22. The number of allylic oxidation sites excluding steroid dienone is 4. The third-order valence-corrected chi connectivity index (χ3v) is 3.88. The molecule has 2 rings (SSSR count). The number of carbonyl (C=O) groups is 2. The van der Waals surface area contributed by atoms with Crippen LogP contribution in [0.2, 0.25) is 0 Å². The highest BCUT2D eigenvalue weighted by molar-refractivity contribution is 6.01. The third kappa shape index (κ3) is 3.66. The topological polar surface area (TPSA) is 34.1 Å². The van der Waals surface area contributed by atoms with Gasteiger partial charge in [0.2, 0.25) is 0 Å². The van der Waals surface area contributed by atoms with E-state index in [1.165, 1.54) is 12.8 Å². The summed E-state index contributed by atoms with van der Waals surface area (Å²) in [7, 11) is 0. The molecule has 0 fully saturated rings. The Morgan fingerprint density at radius 1 is 0.778 bits per heavy atom. The van der Waals surface area contributed by atoms with Gasteiger partial charge in [0.25, 0.3) is 0 Å². The van der Waals surface area contributed by atoms with Crippen LogP contribution < -0.4 is 0 Å². The van der Waals surface area contributed by atoms with Crippen molar-refractivity contribution in [3.05, 3.63) is 23.3 Å². The van der Waals surface area contributed by atoms with E-state index < -0.39 is 0 Å². The largest absolute Gasteiger partial charge is 0.295 e. The molecule has 0 saturated heterocycles. The van der Waals surface area contributed by atoms with E-state index in [0.29, 0.717) is 12.8 Å². The van der Waals surface area contributed by atoms with Crippen LogP contribution in [0.25, 0.3) is 0 Å². The Labute approximate surface area is 109 Å². The minimum absolute atomic E-state index is 0.194. The van der Waals surface area contributed by atoms with Gasteiger partial charge in [0.15, 0.2) is 11.6 Å². The predicted molar refractivity (Wildman–Crippen MR) is 72.4 cm³/mol. The summed E-state index contributed by atoms with van der Waals surface area (Å²) in [5.74, 6) is 0.388. The number of Topliss-reactive ketones (excluding diaryl/α,β-unsaturated/α-hetero) is 2. The lowest BCUT2D eigenvalue weighted by Gasteiger charge is -2.13. The third-order valence-electron chi connectivity index (χ3n) is 3.88. The first-order chi connectivity index (χ1) is 8.77. The van der Waals surface area contributed by atoms with E-state index in [0.717, 1.165) is 49.7 Å². The fourth-order valence-electron chi connectivity index (χ4n) is 2.73. The zero-order valence-corrected chi connectivity index (χ0v) is 11.0. The lowest BCUT2D eigenvalue weighted by Crippen LogP contribution is -2.11. The lowest BCUT2D eigenvalue weighted by atomic mass is 9.91. The first kappa shape index (κ1) is 13.3. The van der Waals surface area contributed by atoms with Crippen LogP contribution in [0.15, 0.2) is 23.3 Å². The van der Waals surface area contributed by atoms with E-state index in [-0.39, 0.29) is 11.6 Å². The molecule has 2 aliphatic carbocycles. The molecule has 2 aliphatic rings. The summed E-state index contributed by atoms with van der Waals surface area (Å²) in [5.41, 5.74) is 1.93. The van der Waals surface area contributed by atoms with Gasteiger partial charge in [0.05, 0.1) is 0 Å². The van der Waals surface area contributed by atoms with Crippen LogP contribution in [0.1, 0.15) is 64.2 Å². The molecule has 0 saturated carbocycles. The van der Waals surface area contributed by atoms with E-state index in [1.54, 1.807) is 0 Å². The average molecular weight is 246 g/mol. The standard InChI is InChI=1S/C16H22O2/c17-15(13-7-3-1-4-8-13)11-12-16(18)14-9-5-2-6-10-14/h7,9H,1-6,8,10-12H2. The van der Waals surface area contributed by atoms with Crippen LogP contribution in [-0.2, 0) is 9.59 Å². The fourth-order valence-corrected chi connectivity index (χ4v) is 2.73. The molecule has 0 unspecified atom stereocenters. The van der Waals surface area contributed by atoms with E-state index in [9.17, 15) is 9.59 Å². The molecule has 0 bridgehead atoms. The molecule has 0 amide bonds. The maximum Gasteiger partial charge on any atom is 0.158 e. The van der Waals surface area contributed by atoms with Gasteiger partial charge in [0.1, 0.15) is 0 Å². The summed E-state index contributed by atoms with van der Waals surface area (Å²) >= 11 is 0. The molecule has 0 aliphatic heterocycles. The van der Waals surface area contributed by atoms with Crippen molar-refractivity contribution in [3.63, 3.8) is 0 Å². The molecule has 0 N–H and O–H groups in total. The summed E-state index contributed by atoms with van der Waals surface area (Å²) in [6.45, 7) is 0. The van der Waals surface area contributed by atoms with Gasteiger partial charge in [-0.3, -0.25) is 9.59 Å². The second kappa shape index (κ2) is 6.67. The zero-order valence-electron chi connectivity index (χ0n) is 11.0. The Kier molecular flexibility index (Phi) is 4.91. The molecule has 0 atom stereocenters. The zero-order chi connectivity index (χ0) is 12.8. The van der Waals surface area contributed by atoms with E-state index in [2.05, 4.69) is 12.2 Å². The van der Waals surface area contributed by atoms with Crippen molar-refractivity contribution in [3.8, 4) is 0 Å². The summed E-state index contributed by atoms with van der Waals surface area (Å²) in [6.07, 6.45) is 13.5. The van der Waals surface area contributed by atoms with E-state index in [1.807, 2.05) is 0 Å². The van der Waals surface area contributed by atoms with Crippen molar-refractivity contribution in [2.75, 3.05) is 0 Å². The van der Waals surface area contributed by atoms with Gasteiger partial charge >= 0.3 is 0 Å². The second-order valence-electron chi connectivity index (χ2n) is 5.30. The maximum absolute atomic E-state index is 11.9. The molecule has 18 heavy (non-hydrogen) atoms. The summed E-state index contributed by atoms with van der Waals surface area (Å²) in [6, 6.07) is 0. The van der Waals surface area contributed by atoms with Gasteiger partial charge in [0, 0.05) is 12.8 Å². The van der Waals surface area contributed by atoms with Crippen LogP contribution in [0.4, 0.5) is 0 Å². The Morgan fingerprint density at radius 3 is 1.56 bits per heavy atom. The van der Waals surface area contributed by atoms with Crippen molar-refractivity contribution in [1.82, 2.24) is 0 Å². The monoisotopic (exact) mass is 246 g/mol. The fraction of sp³-hybridized carbons (Fsp3) is 0.625. The van der Waals surface area contributed by atoms with Gasteiger partial charge in [-0.25, -0.2) is 0 Å². The van der Waals surface area contributed by atoms with Gasteiger partial charge in [-0.1, -0.05) is 12.2 Å². The van der Waals surface area contributed by atoms with Crippen molar-refractivity contribution in [2.45, 2.75) is 64.2 Å². The number of carbonyl (C=O) groups excluding carboxylic acids is 2. The maximum atomic E-state index is 11.9. The van der Waals surface area contributed by atoms with E-state index >= 15 is 0 Å². The average Bonchev–Trinajstić information content (AvgIpc) is 2.46. The van der Waals surface area contributed by atoms with Crippen LogP contribution in [0.5, 0.6) is 0 Å². The van der Waals surface area contributed by atoms with Gasteiger partial charge in [-0.05, 0) is 62.5 Å². The molecule has 0 aromatic rings. The van der Waals surface area contributed by atoms with Crippen molar-refractivity contribution >= 4 is 11.6 Å². The molecule has 0 heterocycles. The minimum atomic E-state index is 0.194. The summed E-state index contributed by atoms with van der Waals surface area (Å²) in [5, 5.41) is 0. The van der Waals surface area contributed by atoms with E-state index in [4.69, 9.17) is 0 Å². The molecule has 0 spiro atoms.